The van der Waals surface area contributed by atoms with Crippen molar-refractivity contribution >= 4 is 21.8 Å². The summed E-state index contributed by atoms with van der Waals surface area (Å²) in [6.07, 6.45) is 2.69. The quantitative estimate of drug-likeness (QED) is 0.299. The largest absolute Gasteiger partial charge is 0.240 e. The minimum absolute atomic E-state index is 0.323. The first kappa shape index (κ1) is 23.6. The van der Waals surface area contributed by atoms with E-state index in [9.17, 15) is 8.42 Å². The first-order valence-corrected chi connectivity index (χ1v) is 13.0. The van der Waals surface area contributed by atoms with Crippen LogP contribution in [0.3, 0.4) is 0 Å². The molecule has 0 saturated carbocycles. The van der Waals surface area contributed by atoms with E-state index in [1.165, 1.54) is 21.6 Å². The van der Waals surface area contributed by atoms with Crippen LogP contribution in [0.1, 0.15) is 35.1 Å². The molecule has 0 amide bonds. The van der Waals surface area contributed by atoms with Crippen molar-refractivity contribution in [2.45, 2.75) is 55.1 Å². The van der Waals surface area contributed by atoms with Gasteiger partial charge in [0, 0.05) is 16.7 Å². The monoisotopic (exact) mass is 453 g/mol. The lowest BCUT2D eigenvalue weighted by Crippen LogP contribution is -2.25. The van der Waals surface area contributed by atoms with E-state index in [0.29, 0.717) is 16.7 Å². The fourth-order valence-corrected chi connectivity index (χ4v) is 5.65. The molecule has 1 atom stereocenters. The van der Waals surface area contributed by atoms with E-state index in [0.717, 1.165) is 24.8 Å². The van der Waals surface area contributed by atoms with Gasteiger partial charge in [-0.15, -0.1) is 11.8 Å². The molecule has 3 nitrogen and oxygen atoms in total. The van der Waals surface area contributed by atoms with Crippen LogP contribution in [-0.4, -0.2) is 20.2 Å². The number of benzene rings is 3. The maximum atomic E-state index is 12.5. The molecule has 1 unspecified atom stereocenters. The molecular weight excluding hydrogens is 422 g/mol. The fourth-order valence-electron chi connectivity index (χ4n) is 3.34. The van der Waals surface area contributed by atoms with Gasteiger partial charge in [0.15, 0.2) is 0 Å². The van der Waals surface area contributed by atoms with Crippen LogP contribution >= 0.6 is 11.8 Å². The van der Waals surface area contributed by atoms with E-state index >= 15 is 0 Å². The zero-order valence-electron chi connectivity index (χ0n) is 18.5. The van der Waals surface area contributed by atoms with Crippen molar-refractivity contribution in [1.82, 2.24) is 4.72 Å². The van der Waals surface area contributed by atoms with Crippen LogP contribution in [0.25, 0.3) is 0 Å². The van der Waals surface area contributed by atoms with Gasteiger partial charge >= 0.3 is 0 Å². The molecular formula is C26H31NO2S2. The Hall–Kier alpha value is -2.08. The highest BCUT2D eigenvalue weighted by Gasteiger charge is 2.15. The molecule has 3 rings (SSSR count). The minimum Gasteiger partial charge on any atom is -0.211 e. The standard InChI is InChI=1S/C26H31NO2S2/c1-20-6-12-23(13-7-20)19-25(30-24-14-8-21(2)9-15-24)5-4-18-27-31(28,29)26-16-10-22(3)11-17-26/h6-17,25,27H,4-5,18-19H2,1-3H3. The van der Waals surface area contributed by atoms with Crippen molar-refractivity contribution in [3.05, 3.63) is 95.1 Å². The van der Waals surface area contributed by atoms with E-state index in [4.69, 9.17) is 0 Å². The Bertz CT molecular complexity index is 1010. The number of nitrogens with one attached hydrogen (secondary N) is 1. The lowest BCUT2D eigenvalue weighted by molar-refractivity contribution is 0.575. The highest BCUT2D eigenvalue weighted by molar-refractivity contribution is 8.00. The molecule has 0 heterocycles. The highest BCUT2D eigenvalue weighted by Crippen LogP contribution is 2.29. The van der Waals surface area contributed by atoms with Crippen molar-refractivity contribution in [2.75, 3.05) is 6.54 Å². The second-order valence-corrected chi connectivity index (χ2v) is 11.2. The molecule has 0 aromatic heterocycles. The molecule has 5 heteroatoms. The number of rotatable bonds is 10. The number of sulfonamides is 1. The van der Waals surface area contributed by atoms with Crippen LogP contribution in [0.4, 0.5) is 0 Å². The van der Waals surface area contributed by atoms with Gasteiger partial charge in [-0.1, -0.05) is 65.2 Å². The molecule has 0 radical (unpaired) electrons. The summed E-state index contributed by atoms with van der Waals surface area (Å²) in [4.78, 5) is 1.58. The van der Waals surface area contributed by atoms with Gasteiger partial charge in [0.2, 0.25) is 10.0 Å². The summed E-state index contributed by atoms with van der Waals surface area (Å²) >= 11 is 1.88. The molecule has 164 valence electrons. The van der Waals surface area contributed by atoms with Gasteiger partial charge in [-0.05, 0) is 69.9 Å². The smallest absolute Gasteiger partial charge is 0.211 e. The summed E-state index contributed by atoms with van der Waals surface area (Å²) in [5.41, 5.74) is 4.88. The molecule has 1 N–H and O–H groups in total. The molecule has 0 aliphatic heterocycles. The van der Waals surface area contributed by atoms with E-state index in [-0.39, 0.29) is 0 Å². The average Bonchev–Trinajstić information content (AvgIpc) is 2.74. The van der Waals surface area contributed by atoms with E-state index < -0.39 is 10.0 Å². The van der Waals surface area contributed by atoms with Gasteiger partial charge in [0.05, 0.1) is 4.90 Å². The summed E-state index contributed by atoms with van der Waals surface area (Å²) < 4.78 is 27.8. The van der Waals surface area contributed by atoms with Crippen LogP contribution in [0, 0.1) is 20.8 Å². The predicted octanol–water partition coefficient (Wildman–Crippen LogP) is 6.07. The normalized spacial score (nSPS) is 12.6. The fraction of sp³-hybridized carbons (Fsp3) is 0.308. The lowest BCUT2D eigenvalue weighted by Gasteiger charge is -2.17. The molecule has 0 bridgehead atoms. The Balaban J connectivity index is 1.60. The zero-order valence-corrected chi connectivity index (χ0v) is 20.1. The average molecular weight is 454 g/mol. The minimum atomic E-state index is -3.46. The summed E-state index contributed by atoms with van der Waals surface area (Å²) in [6.45, 7) is 6.58. The Morgan fingerprint density at radius 3 is 1.87 bits per heavy atom. The summed E-state index contributed by atoms with van der Waals surface area (Å²) in [5.74, 6) is 0. The van der Waals surface area contributed by atoms with Gasteiger partial charge in [0.1, 0.15) is 0 Å². The molecule has 0 spiro atoms. The van der Waals surface area contributed by atoms with E-state index in [2.05, 4.69) is 67.1 Å². The molecule has 0 fully saturated rings. The third-order valence-electron chi connectivity index (χ3n) is 5.23. The second kappa shape index (κ2) is 11.0. The Morgan fingerprint density at radius 1 is 0.774 bits per heavy atom. The van der Waals surface area contributed by atoms with Crippen molar-refractivity contribution in [1.29, 1.82) is 0 Å². The maximum Gasteiger partial charge on any atom is 0.240 e. The van der Waals surface area contributed by atoms with Crippen molar-refractivity contribution in [3.63, 3.8) is 0 Å². The summed E-state index contributed by atoms with van der Waals surface area (Å²) in [5, 5.41) is 0.384. The molecule has 31 heavy (non-hydrogen) atoms. The first-order chi connectivity index (χ1) is 14.8. The summed E-state index contributed by atoms with van der Waals surface area (Å²) in [6, 6.07) is 24.3. The van der Waals surface area contributed by atoms with Crippen LogP contribution < -0.4 is 4.72 Å². The maximum absolute atomic E-state index is 12.5. The lowest BCUT2D eigenvalue weighted by atomic mass is 10.1. The Kier molecular flexibility index (Phi) is 8.35. The third-order valence-corrected chi connectivity index (χ3v) is 7.99. The number of thioether (sulfide) groups is 1. The van der Waals surface area contributed by atoms with Gasteiger partial charge in [-0.3, -0.25) is 0 Å². The molecule has 3 aromatic carbocycles. The first-order valence-electron chi connectivity index (χ1n) is 10.7. The van der Waals surface area contributed by atoms with Gasteiger partial charge in [-0.25, -0.2) is 13.1 Å². The third kappa shape index (κ3) is 7.53. The number of aryl methyl sites for hydroxylation is 3. The van der Waals surface area contributed by atoms with E-state index in [1.807, 2.05) is 30.8 Å². The van der Waals surface area contributed by atoms with Crippen LogP contribution in [0.15, 0.2) is 82.6 Å². The molecule has 3 aromatic rings. The molecule has 0 aliphatic rings. The zero-order chi connectivity index (χ0) is 22.3. The van der Waals surface area contributed by atoms with Crippen molar-refractivity contribution in [2.24, 2.45) is 0 Å². The number of hydrogen-bond donors (Lipinski definition) is 1. The van der Waals surface area contributed by atoms with Gasteiger partial charge in [0.25, 0.3) is 0 Å². The highest BCUT2D eigenvalue weighted by atomic mass is 32.2. The Labute approximate surface area is 191 Å². The van der Waals surface area contributed by atoms with Crippen LogP contribution in [0.2, 0.25) is 0 Å². The molecule has 0 aliphatic carbocycles. The molecule has 0 saturated heterocycles. The SMILES string of the molecule is Cc1ccc(CC(CCCNS(=O)(=O)c2ccc(C)cc2)Sc2ccc(C)cc2)cc1. The van der Waals surface area contributed by atoms with Crippen LogP contribution in [-0.2, 0) is 16.4 Å². The topological polar surface area (TPSA) is 46.2 Å². The summed E-state index contributed by atoms with van der Waals surface area (Å²) in [7, 11) is -3.46. The van der Waals surface area contributed by atoms with E-state index in [1.54, 1.807) is 12.1 Å². The number of hydrogen-bond acceptors (Lipinski definition) is 3. The Morgan fingerprint density at radius 2 is 1.29 bits per heavy atom. The van der Waals surface area contributed by atoms with Gasteiger partial charge in [-0.2, -0.15) is 0 Å². The van der Waals surface area contributed by atoms with Gasteiger partial charge < -0.3 is 0 Å². The van der Waals surface area contributed by atoms with Crippen molar-refractivity contribution in [3.8, 4) is 0 Å². The van der Waals surface area contributed by atoms with Crippen LogP contribution in [0.5, 0.6) is 0 Å². The van der Waals surface area contributed by atoms with Crippen molar-refractivity contribution < 1.29 is 8.42 Å². The second-order valence-electron chi connectivity index (χ2n) is 8.10. The predicted molar refractivity (Wildman–Crippen MR) is 131 cm³/mol.